The Morgan fingerprint density at radius 2 is 1.33 bits per heavy atom. The Bertz CT molecular complexity index is 546. The van der Waals surface area contributed by atoms with Gasteiger partial charge < -0.3 is 19.3 Å². The maximum absolute atomic E-state index is 11.3. The van der Waals surface area contributed by atoms with Crippen LogP contribution in [-0.4, -0.2) is 41.0 Å². The van der Waals surface area contributed by atoms with Crippen LogP contribution in [-0.2, 0) is 14.2 Å². The fourth-order valence-electron chi connectivity index (χ4n) is 4.65. The van der Waals surface area contributed by atoms with Crippen LogP contribution in [0.15, 0.2) is 0 Å². The van der Waals surface area contributed by atoms with Crippen LogP contribution in [0, 0.1) is 35.5 Å². The van der Waals surface area contributed by atoms with Gasteiger partial charge in [0, 0.05) is 11.6 Å². The van der Waals surface area contributed by atoms with Gasteiger partial charge in [-0.25, -0.2) is 9.59 Å². The Kier molecular flexibility index (Phi) is 17.7. The number of ether oxygens (including phenoxy) is 3. The van der Waals surface area contributed by atoms with Gasteiger partial charge in [-0.15, -0.1) is 0 Å². The molecule has 0 aliphatic heterocycles. The minimum Gasteiger partial charge on any atom is -0.437 e. The van der Waals surface area contributed by atoms with Gasteiger partial charge in [0.1, 0.15) is 6.10 Å². The first-order chi connectivity index (χ1) is 15.4. The van der Waals surface area contributed by atoms with Crippen LogP contribution in [0.25, 0.3) is 0 Å². The Labute approximate surface area is 215 Å². The van der Waals surface area contributed by atoms with E-state index in [1.165, 1.54) is 19.3 Å². The Morgan fingerprint density at radius 3 is 1.73 bits per heavy atom. The fourth-order valence-corrected chi connectivity index (χ4v) is 4.95. The van der Waals surface area contributed by atoms with E-state index in [9.17, 15) is 14.7 Å². The summed E-state index contributed by atoms with van der Waals surface area (Å²) in [4.78, 5) is 20.8. The summed E-state index contributed by atoms with van der Waals surface area (Å²) in [5.41, 5.74) is -0.870. The normalized spacial score (nSPS) is 29.2. The molecule has 0 aromatic carbocycles. The molecular weight excluding hydrogens is 491 g/mol. The summed E-state index contributed by atoms with van der Waals surface area (Å²) in [6, 6.07) is -0.324. The molecule has 0 radical (unpaired) electrons. The molecule has 0 heterocycles. The quantitative estimate of drug-likeness (QED) is 0.220. The molecule has 196 valence electrons. The lowest BCUT2D eigenvalue weighted by molar-refractivity contribution is -0.0269. The predicted octanol–water partition coefficient (Wildman–Crippen LogP) is 7.79. The zero-order valence-corrected chi connectivity index (χ0v) is 23.2. The van der Waals surface area contributed by atoms with E-state index in [0.29, 0.717) is 29.6 Å². The number of carbonyl (C=O) groups excluding carboxylic acids is 2. The van der Waals surface area contributed by atoms with Crippen molar-refractivity contribution in [3.05, 3.63) is 0 Å². The number of hydrogen-bond donors (Lipinski definition) is 1. The van der Waals surface area contributed by atoms with Crippen LogP contribution in [0.5, 0.6) is 0 Å². The van der Waals surface area contributed by atoms with E-state index in [2.05, 4.69) is 62.6 Å². The maximum atomic E-state index is 11.3. The smallest absolute Gasteiger partial charge is 0.437 e. The number of aliphatic hydroxyl groups excluding tert-OH is 1. The number of halogens is 3. The molecule has 2 fully saturated rings. The van der Waals surface area contributed by atoms with Crippen molar-refractivity contribution in [2.24, 2.45) is 35.5 Å². The van der Waals surface area contributed by atoms with E-state index >= 15 is 0 Å². The van der Waals surface area contributed by atoms with Crippen molar-refractivity contribution in [2.45, 2.75) is 92.3 Å². The van der Waals surface area contributed by atoms with Gasteiger partial charge in [0.25, 0.3) is 0 Å². The first-order valence-corrected chi connectivity index (χ1v) is 13.3. The molecule has 0 unspecified atom stereocenters. The highest BCUT2D eigenvalue weighted by Gasteiger charge is 2.33. The molecule has 2 aliphatic carbocycles. The largest absolute Gasteiger partial charge is 0.509 e. The van der Waals surface area contributed by atoms with Gasteiger partial charge in [0.15, 0.2) is 12.1 Å². The van der Waals surface area contributed by atoms with Gasteiger partial charge in [0.05, 0.1) is 6.10 Å². The second-order valence-electron chi connectivity index (χ2n) is 9.87. The van der Waals surface area contributed by atoms with E-state index < -0.39 is 11.6 Å². The third-order valence-corrected chi connectivity index (χ3v) is 6.86. The lowest BCUT2D eigenvalue weighted by Gasteiger charge is -2.36. The van der Waals surface area contributed by atoms with E-state index in [1.807, 2.05) is 0 Å². The Hall–Kier alpha value is -0.430. The summed E-state index contributed by atoms with van der Waals surface area (Å²) >= 11 is 14.8. The summed E-state index contributed by atoms with van der Waals surface area (Å²) in [7, 11) is 0. The zero-order valence-electron chi connectivity index (χ0n) is 20.9. The van der Waals surface area contributed by atoms with Gasteiger partial charge in [0.2, 0.25) is 0 Å². The molecular formula is C24H43Cl3O6. The maximum Gasteiger partial charge on any atom is 0.509 e. The molecule has 0 aromatic rings. The van der Waals surface area contributed by atoms with Gasteiger partial charge in [-0.1, -0.05) is 77.6 Å². The molecule has 6 nitrogen and oxygen atoms in total. The van der Waals surface area contributed by atoms with Crippen molar-refractivity contribution in [2.75, 3.05) is 12.1 Å². The highest BCUT2D eigenvalue weighted by atomic mass is 35.5. The topological polar surface area (TPSA) is 82.1 Å². The van der Waals surface area contributed by atoms with Crippen molar-refractivity contribution in [3.63, 3.8) is 0 Å². The molecule has 0 amide bonds. The fraction of sp³-hybridized carbons (Fsp3) is 0.917. The van der Waals surface area contributed by atoms with Crippen molar-refractivity contribution < 1.29 is 28.9 Å². The van der Waals surface area contributed by atoms with Crippen LogP contribution < -0.4 is 0 Å². The average molecular weight is 534 g/mol. The lowest BCUT2D eigenvalue weighted by Crippen LogP contribution is -2.35. The zero-order chi connectivity index (χ0) is 25.6. The first kappa shape index (κ1) is 32.6. The minimum absolute atomic E-state index is 0.0144. The second-order valence-corrected chi connectivity index (χ2v) is 10.6. The van der Waals surface area contributed by atoms with E-state index in [0.717, 1.165) is 25.2 Å². The minimum atomic E-state index is -0.870. The van der Waals surface area contributed by atoms with Gasteiger partial charge in [-0.2, -0.15) is 0 Å². The standard InChI is InChI=1S/C12H21ClO3.C10H20O.C2H2Cl2O2/c1-8(2)10-5-4-9(3)6-11(10)16-12(14)15-7-13;1-7(2)9-5-4-8(3)6-10(9)11;3-1-6-2(4)5/h8-11H,4-7H2,1-3H3;7-11H,4-6H2,1-3H3;1H2/t9-,10+,11-;8-,9+,10-;/m11./s1. The number of carbonyl (C=O) groups is 2. The Balaban J connectivity index is 0.000000520. The summed E-state index contributed by atoms with van der Waals surface area (Å²) < 4.78 is 13.9. The molecule has 2 rings (SSSR count). The number of rotatable bonds is 5. The van der Waals surface area contributed by atoms with Crippen molar-refractivity contribution >= 4 is 46.4 Å². The molecule has 33 heavy (non-hydrogen) atoms. The molecule has 9 heteroatoms. The van der Waals surface area contributed by atoms with E-state index in [1.54, 1.807) is 0 Å². The van der Waals surface area contributed by atoms with Gasteiger partial charge in [-0.05, 0) is 61.2 Å². The Morgan fingerprint density at radius 1 is 0.848 bits per heavy atom. The van der Waals surface area contributed by atoms with Crippen LogP contribution in [0.1, 0.15) is 80.1 Å². The highest BCUT2D eigenvalue weighted by molar-refractivity contribution is 6.61. The van der Waals surface area contributed by atoms with Gasteiger partial charge in [-0.3, -0.25) is 0 Å². The molecule has 0 saturated heterocycles. The number of hydrogen-bond acceptors (Lipinski definition) is 6. The van der Waals surface area contributed by atoms with Crippen LogP contribution in [0.2, 0.25) is 0 Å². The SMILES string of the molecule is CC(C)[C@@H]1CC[C@@H](C)C[C@H]1O.CC(C)[C@@H]1CC[C@@H](C)C[C@H]1OC(=O)OCCl.O=C(Cl)OCCl. The monoisotopic (exact) mass is 532 g/mol. The predicted molar refractivity (Wildman–Crippen MR) is 134 cm³/mol. The molecule has 6 atom stereocenters. The number of aliphatic hydroxyl groups is 1. The summed E-state index contributed by atoms with van der Waals surface area (Å²) in [5, 5.41) is 9.71. The third-order valence-electron chi connectivity index (χ3n) is 6.54. The highest BCUT2D eigenvalue weighted by Crippen LogP contribution is 2.35. The van der Waals surface area contributed by atoms with E-state index in [-0.39, 0.29) is 24.3 Å². The molecule has 1 N–H and O–H groups in total. The molecule has 2 aliphatic rings. The number of alkyl halides is 2. The van der Waals surface area contributed by atoms with Crippen LogP contribution >= 0.6 is 34.8 Å². The van der Waals surface area contributed by atoms with Crippen LogP contribution in [0.4, 0.5) is 9.59 Å². The molecule has 0 bridgehead atoms. The van der Waals surface area contributed by atoms with E-state index in [4.69, 9.17) is 27.9 Å². The third kappa shape index (κ3) is 14.5. The summed E-state index contributed by atoms with van der Waals surface area (Å²) in [5.74, 6) is 3.54. The molecule has 0 spiro atoms. The summed E-state index contributed by atoms with van der Waals surface area (Å²) in [6.45, 7) is 13.2. The van der Waals surface area contributed by atoms with Crippen LogP contribution in [0.3, 0.4) is 0 Å². The molecule has 0 aromatic heterocycles. The van der Waals surface area contributed by atoms with Crippen molar-refractivity contribution in [3.8, 4) is 0 Å². The first-order valence-electron chi connectivity index (χ1n) is 11.9. The molecule has 2 saturated carbocycles. The lowest BCUT2D eigenvalue weighted by atomic mass is 9.75. The van der Waals surface area contributed by atoms with Crippen molar-refractivity contribution in [1.29, 1.82) is 0 Å². The second kappa shape index (κ2) is 17.9. The van der Waals surface area contributed by atoms with Gasteiger partial charge >= 0.3 is 11.6 Å². The van der Waals surface area contributed by atoms with Crippen molar-refractivity contribution in [1.82, 2.24) is 0 Å². The average Bonchev–Trinajstić information content (AvgIpc) is 2.68. The summed E-state index contributed by atoms with van der Waals surface area (Å²) in [6.07, 6.45) is 6.13.